The quantitative estimate of drug-likeness (QED) is 0.882. The van der Waals surface area contributed by atoms with Crippen molar-refractivity contribution < 1.29 is 9.47 Å². The van der Waals surface area contributed by atoms with E-state index in [1.165, 1.54) is 0 Å². The Labute approximate surface area is 107 Å². The van der Waals surface area contributed by atoms with Gasteiger partial charge in [0, 0.05) is 23.2 Å². The smallest absolute Gasteiger partial charge is 0.127 e. The second-order valence-electron chi connectivity index (χ2n) is 4.38. The van der Waals surface area contributed by atoms with E-state index < -0.39 is 0 Å². The van der Waals surface area contributed by atoms with Crippen LogP contribution in [0.25, 0.3) is 0 Å². The molecule has 0 bridgehead atoms. The molecule has 1 aliphatic heterocycles. The Morgan fingerprint density at radius 2 is 2.24 bits per heavy atom. The molecule has 1 aromatic rings. The van der Waals surface area contributed by atoms with Crippen LogP contribution in [0.2, 0.25) is 5.02 Å². The highest BCUT2D eigenvalue weighted by Gasteiger charge is 2.27. The first-order valence-electron chi connectivity index (χ1n) is 5.82. The van der Waals surface area contributed by atoms with Crippen molar-refractivity contribution in [2.24, 2.45) is 0 Å². The first-order valence-corrected chi connectivity index (χ1v) is 6.20. The van der Waals surface area contributed by atoms with Crippen LogP contribution in [0.5, 0.6) is 5.75 Å². The molecule has 2 atom stereocenters. The van der Waals surface area contributed by atoms with Gasteiger partial charge in [0.25, 0.3) is 0 Å². The van der Waals surface area contributed by atoms with E-state index in [-0.39, 0.29) is 12.1 Å². The summed E-state index contributed by atoms with van der Waals surface area (Å²) < 4.78 is 11.3. The van der Waals surface area contributed by atoms with Gasteiger partial charge in [0.1, 0.15) is 11.9 Å². The molecule has 1 aliphatic rings. The van der Waals surface area contributed by atoms with Crippen molar-refractivity contribution >= 4 is 11.6 Å². The van der Waals surface area contributed by atoms with E-state index in [0.717, 1.165) is 28.4 Å². The number of nitrogens with one attached hydrogen (secondary N) is 1. The summed E-state index contributed by atoms with van der Waals surface area (Å²) in [5.41, 5.74) is 2.06. The number of hydrogen-bond donors (Lipinski definition) is 1. The summed E-state index contributed by atoms with van der Waals surface area (Å²) in [6, 6.07) is 4.10. The van der Waals surface area contributed by atoms with Gasteiger partial charge in [0.05, 0.1) is 13.7 Å². The van der Waals surface area contributed by atoms with E-state index in [4.69, 9.17) is 21.1 Å². The Morgan fingerprint density at radius 3 is 2.88 bits per heavy atom. The molecule has 1 heterocycles. The van der Waals surface area contributed by atoms with Crippen molar-refractivity contribution in [1.29, 1.82) is 0 Å². The van der Waals surface area contributed by atoms with Crippen molar-refractivity contribution in [3.63, 3.8) is 0 Å². The molecule has 0 saturated carbocycles. The molecule has 2 unspecified atom stereocenters. The molecular formula is C13H18ClNO2. The Hall–Kier alpha value is -0.770. The number of aryl methyl sites for hydroxylation is 1. The molecular weight excluding hydrogens is 238 g/mol. The summed E-state index contributed by atoms with van der Waals surface area (Å²) in [7, 11) is 1.68. The molecule has 0 aromatic heterocycles. The van der Waals surface area contributed by atoms with E-state index in [1.54, 1.807) is 7.11 Å². The van der Waals surface area contributed by atoms with Gasteiger partial charge in [-0.3, -0.25) is 0 Å². The van der Waals surface area contributed by atoms with E-state index in [2.05, 4.69) is 12.2 Å². The minimum absolute atomic E-state index is 0.00361. The van der Waals surface area contributed by atoms with Gasteiger partial charge in [-0.2, -0.15) is 0 Å². The summed E-state index contributed by atoms with van der Waals surface area (Å²) >= 11 is 6.11. The first-order chi connectivity index (χ1) is 8.13. The fraction of sp³-hybridized carbons (Fsp3) is 0.538. The van der Waals surface area contributed by atoms with Crippen LogP contribution < -0.4 is 10.1 Å². The molecule has 1 N–H and O–H groups in total. The normalized spacial score (nSPS) is 24.7. The zero-order valence-electron chi connectivity index (χ0n) is 10.4. The molecule has 94 valence electrons. The molecule has 3 nitrogen and oxygen atoms in total. The number of ether oxygens (including phenoxy) is 2. The summed E-state index contributed by atoms with van der Waals surface area (Å²) in [5, 5.41) is 4.12. The van der Waals surface area contributed by atoms with Crippen LogP contribution in [0.1, 0.15) is 24.2 Å². The lowest BCUT2D eigenvalue weighted by atomic mass is 9.99. The highest BCUT2D eigenvalue weighted by atomic mass is 35.5. The van der Waals surface area contributed by atoms with Gasteiger partial charge in [-0.25, -0.2) is 0 Å². The van der Waals surface area contributed by atoms with Crippen LogP contribution in [0, 0.1) is 6.92 Å². The van der Waals surface area contributed by atoms with Crippen molar-refractivity contribution in [2.45, 2.75) is 26.0 Å². The molecule has 17 heavy (non-hydrogen) atoms. The fourth-order valence-corrected chi connectivity index (χ4v) is 2.61. The average molecular weight is 256 g/mol. The van der Waals surface area contributed by atoms with Crippen molar-refractivity contribution in [3.05, 3.63) is 28.3 Å². The molecule has 0 amide bonds. The van der Waals surface area contributed by atoms with Crippen molar-refractivity contribution in [3.8, 4) is 5.75 Å². The maximum atomic E-state index is 6.11. The van der Waals surface area contributed by atoms with Crippen LogP contribution in [0.3, 0.4) is 0 Å². The van der Waals surface area contributed by atoms with Gasteiger partial charge in [-0.1, -0.05) is 11.6 Å². The first kappa shape index (κ1) is 12.7. The topological polar surface area (TPSA) is 30.5 Å². The average Bonchev–Trinajstić information content (AvgIpc) is 2.28. The number of methoxy groups -OCH3 is 1. The van der Waals surface area contributed by atoms with Gasteiger partial charge >= 0.3 is 0 Å². The van der Waals surface area contributed by atoms with Crippen LogP contribution >= 0.6 is 11.6 Å². The van der Waals surface area contributed by atoms with Crippen LogP contribution in [-0.2, 0) is 4.74 Å². The number of benzene rings is 1. The Bertz CT molecular complexity index is 409. The Balaban J connectivity index is 2.42. The monoisotopic (exact) mass is 255 g/mol. The molecule has 1 fully saturated rings. The summed E-state index contributed by atoms with van der Waals surface area (Å²) in [6.45, 7) is 5.71. The Morgan fingerprint density at radius 1 is 1.47 bits per heavy atom. The van der Waals surface area contributed by atoms with Gasteiger partial charge in [-0.15, -0.1) is 0 Å². The fourth-order valence-electron chi connectivity index (χ4n) is 2.33. The summed E-state index contributed by atoms with van der Waals surface area (Å²) in [6.07, 6.45) is -0.00361. The van der Waals surface area contributed by atoms with Gasteiger partial charge in [0.2, 0.25) is 0 Å². The SMILES string of the molecule is COc1c(C)cc(Cl)cc1C1OCCNC1C. The minimum Gasteiger partial charge on any atom is -0.496 e. The highest BCUT2D eigenvalue weighted by molar-refractivity contribution is 6.30. The van der Waals surface area contributed by atoms with E-state index in [9.17, 15) is 0 Å². The van der Waals surface area contributed by atoms with E-state index >= 15 is 0 Å². The predicted octanol–water partition coefficient (Wildman–Crippen LogP) is 2.71. The van der Waals surface area contributed by atoms with E-state index in [1.807, 2.05) is 19.1 Å². The van der Waals surface area contributed by atoms with Crippen molar-refractivity contribution in [1.82, 2.24) is 5.32 Å². The molecule has 0 spiro atoms. The molecule has 1 aromatic carbocycles. The minimum atomic E-state index is -0.00361. The number of rotatable bonds is 2. The summed E-state index contributed by atoms with van der Waals surface area (Å²) in [5.74, 6) is 0.870. The molecule has 4 heteroatoms. The lowest BCUT2D eigenvalue weighted by Gasteiger charge is -2.32. The molecule has 2 rings (SSSR count). The third kappa shape index (κ3) is 2.57. The van der Waals surface area contributed by atoms with Gasteiger partial charge in [0.15, 0.2) is 0 Å². The van der Waals surface area contributed by atoms with Crippen LogP contribution in [0.4, 0.5) is 0 Å². The van der Waals surface area contributed by atoms with Crippen LogP contribution in [0.15, 0.2) is 12.1 Å². The highest BCUT2D eigenvalue weighted by Crippen LogP contribution is 2.36. The lowest BCUT2D eigenvalue weighted by molar-refractivity contribution is -0.00154. The zero-order valence-corrected chi connectivity index (χ0v) is 11.2. The molecule has 0 radical (unpaired) electrons. The molecule has 0 aliphatic carbocycles. The largest absolute Gasteiger partial charge is 0.496 e. The summed E-state index contributed by atoms with van der Waals surface area (Å²) in [4.78, 5) is 0. The standard InChI is InChI=1S/C13H18ClNO2/c1-8-6-10(14)7-11(12(8)16-3)13-9(2)15-4-5-17-13/h6-7,9,13,15H,4-5H2,1-3H3. The second-order valence-corrected chi connectivity index (χ2v) is 4.82. The third-order valence-electron chi connectivity index (χ3n) is 3.10. The Kier molecular flexibility index (Phi) is 3.92. The maximum Gasteiger partial charge on any atom is 0.127 e. The van der Waals surface area contributed by atoms with Crippen LogP contribution in [-0.4, -0.2) is 26.3 Å². The molecule has 1 saturated heterocycles. The van der Waals surface area contributed by atoms with E-state index in [0.29, 0.717) is 6.61 Å². The van der Waals surface area contributed by atoms with Gasteiger partial charge < -0.3 is 14.8 Å². The van der Waals surface area contributed by atoms with Crippen molar-refractivity contribution in [2.75, 3.05) is 20.3 Å². The lowest BCUT2D eigenvalue weighted by Crippen LogP contribution is -2.41. The maximum absolute atomic E-state index is 6.11. The number of morpholine rings is 1. The zero-order chi connectivity index (χ0) is 12.4. The van der Waals surface area contributed by atoms with Gasteiger partial charge in [-0.05, 0) is 31.5 Å². The second kappa shape index (κ2) is 5.25. The third-order valence-corrected chi connectivity index (χ3v) is 3.32. The predicted molar refractivity (Wildman–Crippen MR) is 68.9 cm³/mol. The number of hydrogen-bond acceptors (Lipinski definition) is 3. The number of halogens is 1.